The molecule has 3 aromatic rings. The number of likely N-dealkylation sites (tertiary alicyclic amines) is 1. The van der Waals surface area contributed by atoms with Gasteiger partial charge in [0.05, 0.1) is 6.04 Å². The topological polar surface area (TPSA) is 53.9 Å². The maximum absolute atomic E-state index is 13.1. The molecule has 5 nitrogen and oxygen atoms in total. The van der Waals surface area contributed by atoms with Gasteiger partial charge in [-0.15, -0.1) is 0 Å². The van der Waals surface area contributed by atoms with E-state index in [4.69, 9.17) is 23.8 Å². The molecule has 1 saturated heterocycles. The normalized spacial score (nSPS) is 16.6. The highest BCUT2D eigenvalue weighted by atomic mass is 35.5. The van der Waals surface area contributed by atoms with E-state index in [0.29, 0.717) is 15.6 Å². The third-order valence-corrected chi connectivity index (χ3v) is 5.48. The van der Waals surface area contributed by atoms with E-state index in [-0.39, 0.29) is 18.5 Å². The average Bonchev–Trinajstić information content (AvgIpc) is 3.31. The maximum atomic E-state index is 13.1. The van der Waals surface area contributed by atoms with E-state index in [1.807, 2.05) is 35.2 Å². The van der Waals surface area contributed by atoms with E-state index < -0.39 is 0 Å². The van der Waals surface area contributed by atoms with Gasteiger partial charge >= 0.3 is 0 Å². The molecule has 1 aliphatic heterocycles. The zero-order chi connectivity index (χ0) is 18.8. The number of aromatic nitrogens is 3. The summed E-state index contributed by atoms with van der Waals surface area (Å²) in [5, 5.41) is 7.76. The van der Waals surface area contributed by atoms with Gasteiger partial charge in [-0.2, -0.15) is 5.10 Å². The van der Waals surface area contributed by atoms with Crippen molar-refractivity contribution in [1.82, 2.24) is 19.7 Å². The van der Waals surface area contributed by atoms with Gasteiger partial charge in [0.25, 0.3) is 0 Å². The lowest BCUT2D eigenvalue weighted by Gasteiger charge is -2.25. The molecule has 0 aliphatic carbocycles. The molecular formula is C20H19ClN4OS. The van der Waals surface area contributed by atoms with Gasteiger partial charge in [0.15, 0.2) is 10.6 Å². The summed E-state index contributed by atoms with van der Waals surface area (Å²) in [5.74, 6) is 0.689. The predicted octanol–water partition coefficient (Wildman–Crippen LogP) is 4.62. The molecular weight excluding hydrogens is 380 g/mol. The van der Waals surface area contributed by atoms with Crippen LogP contribution >= 0.6 is 23.8 Å². The summed E-state index contributed by atoms with van der Waals surface area (Å²) in [4.78, 5) is 15.0. The number of benzene rings is 2. The first kappa shape index (κ1) is 17.9. The third-order valence-electron chi connectivity index (χ3n) is 4.91. The van der Waals surface area contributed by atoms with Crippen LogP contribution in [0.4, 0.5) is 0 Å². The molecule has 4 rings (SSSR count). The number of hydrogen-bond donors (Lipinski definition) is 1. The van der Waals surface area contributed by atoms with E-state index in [2.05, 4.69) is 22.3 Å². The molecule has 138 valence electrons. The largest absolute Gasteiger partial charge is 0.334 e. The predicted molar refractivity (Wildman–Crippen MR) is 108 cm³/mol. The van der Waals surface area contributed by atoms with Crippen molar-refractivity contribution in [3.8, 4) is 11.4 Å². The number of hydrogen-bond acceptors (Lipinski definition) is 3. The van der Waals surface area contributed by atoms with E-state index in [1.165, 1.54) is 5.56 Å². The van der Waals surface area contributed by atoms with Crippen molar-refractivity contribution in [2.45, 2.75) is 25.4 Å². The maximum Gasteiger partial charge on any atom is 0.243 e. The Morgan fingerprint density at radius 1 is 1.19 bits per heavy atom. The van der Waals surface area contributed by atoms with Crippen molar-refractivity contribution in [1.29, 1.82) is 0 Å². The first-order chi connectivity index (χ1) is 13.1. The lowest BCUT2D eigenvalue weighted by Crippen LogP contribution is -2.33. The van der Waals surface area contributed by atoms with Crippen molar-refractivity contribution < 1.29 is 4.79 Å². The van der Waals surface area contributed by atoms with Crippen LogP contribution in [0.15, 0.2) is 54.6 Å². The summed E-state index contributed by atoms with van der Waals surface area (Å²) in [6.07, 6.45) is 1.99. The number of rotatable bonds is 4. The fraction of sp³-hybridized carbons (Fsp3) is 0.250. The molecule has 0 bridgehead atoms. The third kappa shape index (κ3) is 3.68. The summed E-state index contributed by atoms with van der Waals surface area (Å²) in [6.45, 7) is 0.927. The first-order valence-corrected chi connectivity index (χ1v) is 9.67. The molecule has 2 aromatic carbocycles. The van der Waals surface area contributed by atoms with Crippen LogP contribution in [-0.2, 0) is 11.3 Å². The molecule has 7 heteroatoms. The molecule has 0 saturated carbocycles. The Morgan fingerprint density at radius 2 is 1.93 bits per heavy atom. The Labute approximate surface area is 167 Å². The lowest BCUT2D eigenvalue weighted by atomic mass is 10.0. The minimum Gasteiger partial charge on any atom is -0.334 e. The lowest BCUT2D eigenvalue weighted by molar-refractivity contribution is -0.132. The van der Waals surface area contributed by atoms with Crippen molar-refractivity contribution >= 4 is 29.7 Å². The highest BCUT2D eigenvalue weighted by Crippen LogP contribution is 2.32. The van der Waals surface area contributed by atoms with Gasteiger partial charge in [-0.05, 0) is 54.9 Å². The molecule has 1 unspecified atom stereocenters. The van der Waals surface area contributed by atoms with Crippen LogP contribution < -0.4 is 0 Å². The van der Waals surface area contributed by atoms with Crippen LogP contribution in [0.3, 0.4) is 0 Å². The monoisotopic (exact) mass is 398 g/mol. The summed E-state index contributed by atoms with van der Waals surface area (Å²) in [7, 11) is 0. The number of H-pyrrole nitrogens is 1. The van der Waals surface area contributed by atoms with Gasteiger partial charge < -0.3 is 4.90 Å². The minimum absolute atomic E-state index is 0.0501. The van der Waals surface area contributed by atoms with Crippen LogP contribution in [0.25, 0.3) is 11.4 Å². The highest BCUT2D eigenvalue weighted by Gasteiger charge is 2.30. The second-order valence-corrected chi connectivity index (χ2v) is 7.42. The molecule has 1 aromatic heterocycles. The molecule has 27 heavy (non-hydrogen) atoms. The Morgan fingerprint density at radius 3 is 2.67 bits per heavy atom. The summed E-state index contributed by atoms with van der Waals surface area (Å²) < 4.78 is 2.19. The zero-order valence-corrected chi connectivity index (χ0v) is 16.2. The first-order valence-electron chi connectivity index (χ1n) is 8.89. The second kappa shape index (κ2) is 7.66. The zero-order valence-electron chi connectivity index (χ0n) is 14.6. The van der Waals surface area contributed by atoms with Crippen molar-refractivity contribution in [3.63, 3.8) is 0 Å². The number of nitrogens with one attached hydrogen (secondary N) is 1. The van der Waals surface area contributed by atoms with Crippen molar-refractivity contribution in [2.75, 3.05) is 6.54 Å². The number of amides is 1. The summed E-state index contributed by atoms with van der Waals surface area (Å²) >= 11 is 11.3. The fourth-order valence-corrected chi connectivity index (χ4v) is 3.92. The van der Waals surface area contributed by atoms with Crippen LogP contribution in [0.1, 0.15) is 24.4 Å². The fourth-order valence-electron chi connectivity index (χ4n) is 3.60. The number of aromatic amines is 1. The number of carbonyl (C=O) groups is 1. The van der Waals surface area contributed by atoms with E-state index in [9.17, 15) is 4.79 Å². The smallest absolute Gasteiger partial charge is 0.243 e. The van der Waals surface area contributed by atoms with Crippen molar-refractivity contribution in [3.05, 3.63) is 70.0 Å². The second-order valence-electron chi connectivity index (χ2n) is 6.60. The number of carbonyl (C=O) groups excluding carboxylic acids is 1. The van der Waals surface area contributed by atoms with Gasteiger partial charge in [0.2, 0.25) is 5.91 Å². The van der Waals surface area contributed by atoms with Crippen LogP contribution in [0.5, 0.6) is 0 Å². The molecule has 0 spiro atoms. The molecule has 1 atom stereocenters. The van der Waals surface area contributed by atoms with Crippen LogP contribution in [0.2, 0.25) is 5.02 Å². The molecule has 1 fully saturated rings. The quantitative estimate of drug-likeness (QED) is 0.652. The average molecular weight is 399 g/mol. The molecule has 1 aliphatic rings. The highest BCUT2D eigenvalue weighted by molar-refractivity contribution is 7.71. The van der Waals surface area contributed by atoms with Gasteiger partial charge in [-0.3, -0.25) is 14.5 Å². The van der Waals surface area contributed by atoms with E-state index in [0.717, 1.165) is 24.9 Å². The van der Waals surface area contributed by atoms with Crippen molar-refractivity contribution in [2.24, 2.45) is 0 Å². The van der Waals surface area contributed by atoms with Crippen LogP contribution in [0, 0.1) is 4.77 Å². The van der Waals surface area contributed by atoms with Crippen LogP contribution in [-0.4, -0.2) is 32.1 Å². The van der Waals surface area contributed by atoms with E-state index in [1.54, 1.807) is 16.7 Å². The Hall–Kier alpha value is -2.44. The van der Waals surface area contributed by atoms with Gasteiger partial charge in [0, 0.05) is 17.1 Å². The Kier molecular flexibility index (Phi) is 5.09. The minimum atomic E-state index is 0.0501. The van der Waals surface area contributed by atoms with Gasteiger partial charge in [0.1, 0.15) is 6.54 Å². The van der Waals surface area contributed by atoms with Gasteiger partial charge in [-0.25, -0.2) is 0 Å². The van der Waals surface area contributed by atoms with E-state index >= 15 is 0 Å². The molecule has 1 N–H and O–H groups in total. The SMILES string of the molecule is O=C(Cn1c(-c2ccc(Cl)cc2)n[nH]c1=S)N1CCCC1c1ccccc1. The molecule has 0 radical (unpaired) electrons. The number of nitrogens with zero attached hydrogens (tertiary/aromatic N) is 3. The number of halogens is 1. The molecule has 2 heterocycles. The standard InChI is InChI=1S/C20H19ClN4OS/c21-16-10-8-15(9-11-16)19-22-23-20(27)25(19)13-18(26)24-12-4-7-17(24)14-5-2-1-3-6-14/h1-3,5-6,8-11,17H,4,7,12-13H2,(H,23,27). The Balaban J connectivity index is 1.59. The summed E-state index contributed by atoms with van der Waals surface area (Å²) in [6, 6.07) is 17.7. The molecule has 1 amide bonds. The summed E-state index contributed by atoms with van der Waals surface area (Å²) in [5.41, 5.74) is 2.04. The Bertz CT molecular complexity index is 997. The van der Waals surface area contributed by atoms with Gasteiger partial charge in [-0.1, -0.05) is 41.9 Å².